The topological polar surface area (TPSA) is 98.3 Å². The highest BCUT2D eigenvalue weighted by atomic mass is 79.9. The monoisotopic (exact) mass is 349 g/mol. The highest BCUT2D eigenvalue weighted by Gasteiger charge is 2.10. The van der Waals surface area contributed by atoms with Crippen LogP contribution in [-0.2, 0) is 6.54 Å². The average Bonchev–Trinajstić information content (AvgIpc) is 2.47. The van der Waals surface area contributed by atoms with Gasteiger partial charge in [-0.15, -0.1) is 0 Å². The standard InChI is InChI=1S/C14H12BrN3O3/c15-10-3-6-13(16)12(7-10)14(19)17-8-9-1-4-11(5-2-9)18(20)21/h1-7H,8,16H2,(H,17,19). The van der Waals surface area contributed by atoms with E-state index in [0.717, 1.165) is 10.0 Å². The number of rotatable bonds is 4. The van der Waals surface area contributed by atoms with E-state index in [1.807, 2.05) is 0 Å². The summed E-state index contributed by atoms with van der Waals surface area (Å²) in [6, 6.07) is 11.0. The molecule has 0 atom stereocenters. The number of anilines is 1. The molecule has 0 aromatic heterocycles. The Morgan fingerprint density at radius 1 is 1.24 bits per heavy atom. The molecule has 6 nitrogen and oxygen atoms in total. The van der Waals surface area contributed by atoms with Crippen LogP contribution in [0.4, 0.5) is 11.4 Å². The van der Waals surface area contributed by atoms with Crippen molar-refractivity contribution in [3.63, 3.8) is 0 Å². The number of hydrogen-bond donors (Lipinski definition) is 2. The van der Waals surface area contributed by atoms with E-state index in [9.17, 15) is 14.9 Å². The number of nitrogens with two attached hydrogens (primary N) is 1. The van der Waals surface area contributed by atoms with E-state index >= 15 is 0 Å². The van der Waals surface area contributed by atoms with Gasteiger partial charge >= 0.3 is 0 Å². The number of nitro benzene ring substituents is 1. The normalized spacial score (nSPS) is 10.1. The first kappa shape index (κ1) is 15.0. The molecule has 0 fully saturated rings. The van der Waals surface area contributed by atoms with Crippen molar-refractivity contribution in [1.29, 1.82) is 0 Å². The number of carbonyl (C=O) groups excluding carboxylic acids is 1. The predicted octanol–water partition coefficient (Wildman–Crippen LogP) is 2.87. The largest absolute Gasteiger partial charge is 0.398 e. The van der Waals surface area contributed by atoms with Gasteiger partial charge in [-0.3, -0.25) is 14.9 Å². The molecule has 0 saturated heterocycles. The predicted molar refractivity (Wildman–Crippen MR) is 82.8 cm³/mol. The molecule has 0 heterocycles. The first-order valence-electron chi connectivity index (χ1n) is 6.04. The third kappa shape index (κ3) is 3.79. The Hall–Kier alpha value is -2.41. The van der Waals surface area contributed by atoms with Gasteiger partial charge in [0, 0.05) is 28.8 Å². The molecule has 2 aromatic carbocycles. The lowest BCUT2D eigenvalue weighted by molar-refractivity contribution is -0.384. The molecule has 1 amide bonds. The Kier molecular flexibility index (Phi) is 4.54. The summed E-state index contributed by atoms with van der Waals surface area (Å²) < 4.78 is 0.761. The highest BCUT2D eigenvalue weighted by molar-refractivity contribution is 9.10. The molecule has 2 rings (SSSR count). The summed E-state index contributed by atoms with van der Waals surface area (Å²) in [5.74, 6) is -0.299. The average molecular weight is 350 g/mol. The lowest BCUT2D eigenvalue weighted by Gasteiger charge is -2.08. The highest BCUT2D eigenvalue weighted by Crippen LogP contribution is 2.18. The fourth-order valence-electron chi connectivity index (χ4n) is 1.74. The molecule has 108 valence electrons. The van der Waals surface area contributed by atoms with Gasteiger partial charge in [0.15, 0.2) is 0 Å². The molecule has 2 aromatic rings. The lowest BCUT2D eigenvalue weighted by Crippen LogP contribution is -2.23. The van der Waals surface area contributed by atoms with E-state index < -0.39 is 4.92 Å². The van der Waals surface area contributed by atoms with Gasteiger partial charge in [-0.05, 0) is 23.8 Å². The molecule has 0 bridgehead atoms. The molecule has 21 heavy (non-hydrogen) atoms. The third-order valence-electron chi connectivity index (χ3n) is 2.86. The molecule has 0 spiro atoms. The first-order valence-corrected chi connectivity index (χ1v) is 6.83. The van der Waals surface area contributed by atoms with Crippen LogP contribution in [0.2, 0.25) is 0 Å². The number of hydrogen-bond acceptors (Lipinski definition) is 4. The van der Waals surface area contributed by atoms with E-state index in [2.05, 4.69) is 21.2 Å². The summed E-state index contributed by atoms with van der Waals surface area (Å²) in [7, 11) is 0. The van der Waals surface area contributed by atoms with E-state index in [-0.39, 0.29) is 18.1 Å². The van der Waals surface area contributed by atoms with Gasteiger partial charge < -0.3 is 11.1 Å². The van der Waals surface area contributed by atoms with E-state index in [1.165, 1.54) is 12.1 Å². The maximum Gasteiger partial charge on any atom is 0.269 e. The van der Waals surface area contributed by atoms with Gasteiger partial charge in [-0.2, -0.15) is 0 Å². The van der Waals surface area contributed by atoms with Crippen LogP contribution < -0.4 is 11.1 Å². The minimum atomic E-state index is -0.468. The van der Waals surface area contributed by atoms with E-state index in [0.29, 0.717) is 11.3 Å². The zero-order valence-corrected chi connectivity index (χ0v) is 12.5. The Bertz CT molecular complexity index is 686. The van der Waals surface area contributed by atoms with Crippen molar-refractivity contribution >= 4 is 33.2 Å². The summed E-state index contributed by atoms with van der Waals surface area (Å²) >= 11 is 3.28. The van der Waals surface area contributed by atoms with Crippen molar-refractivity contribution in [2.24, 2.45) is 0 Å². The van der Waals surface area contributed by atoms with Crippen LogP contribution in [0.25, 0.3) is 0 Å². The van der Waals surface area contributed by atoms with Gasteiger partial charge in [0.25, 0.3) is 11.6 Å². The van der Waals surface area contributed by atoms with Crippen LogP contribution >= 0.6 is 15.9 Å². The first-order chi connectivity index (χ1) is 9.97. The maximum absolute atomic E-state index is 12.0. The van der Waals surface area contributed by atoms with Gasteiger partial charge in [0.05, 0.1) is 10.5 Å². The van der Waals surface area contributed by atoms with Crippen LogP contribution in [0.15, 0.2) is 46.9 Å². The number of nitrogens with one attached hydrogen (secondary N) is 1. The maximum atomic E-state index is 12.0. The van der Waals surface area contributed by atoms with Crippen molar-refractivity contribution < 1.29 is 9.72 Å². The summed E-state index contributed by atoms with van der Waals surface area (Å²) in [5.41, 5.74) is 7.31. The second-order valence-electron chi connectivity index (χ2n) is 4.34. The summed E-state index contributed by atoms with van der Waals surface area (Å²) in [4.78, 5) is 22.1. The summed E-state index contributed by atoms with van der Waals surface area (Å²) in [6.07, 6.45) is 0. The molecule has 0 aliphatic heterocycles. The van der Waals surface area contributed by atoms with Crippen LogP contribution in [0.5, 0.6) is 0 Å². The molecule has 0 unspecified atom stereocenters. The van der Waals surface area contributed by atoms with Crippen molar-refractivity contribution in [3.05, 3.63) is 68.2 Å². The van der Waals surface area contributed by atoms with Crippen molar-refractivity contribution in [2.45, 2.75) is 6.54 Å². The van der Waals surface area contributed by atoms with E-state index in [4.69, 9.17) is 5.73 Å². The van der Waals surface area contributed by atoms with Crippen molar-refractivity contribution in [3.8, 4) is 0 Å². The van der Waals surface area contributed by atoms with Crippen molar-refractivity contribution in [2.75, 3.05) is 5.73 Å². The number of nitro groups is 1. The fourth-order valence-corrected chi connectivity index (χ4v) is 2.10. The molecule has 0 radical (unpaired) electrons. The Morgan fingerprint density at radius 3 is 2.52 bits per heavy atom. The Labute approximate surface area is 129 Å². The van der Waals surface area contributed by atoms with Gasteiger partial charge in [0.1, 0.15) is 0 Å². The van der Waals surface area contributed by atoms with Gasteiger partial charge in [-0.1, -0.05) is 28.1 Å². The SMILES string of the molecule is Nc1ccc(Br)cc1C(=O)NCc1ccc([N+](=O)[O-])cc1. The minimum Gasteiger partial charge on any atom is -0.398 e. The van der Waals surface area contributed by atoms with Gasteiger partial charge in [-0.25, -0.2) is 0 Å². The van der Waals surface area contributed by atoms with Crippen LogP contribution in [0.1, 0.15) is 15.9 Å². The summed E-state index contributed by atoms with van der Waals surface area (Å²) in [6.45, 7) is 0.267. The second kappa shape index (κ2) is 6.36. The number of nitrogen functional groups attached to an aromatic ring is 1. The number of nitrogens with zero attached hydrogens (tertiary/aromatic N) is 1. The summed E-state index contributed by atoms with van der Waals surface area (Å²) in [5, 5.41) is 13.3. The smallest absolute Gasteiger partial charge is 0.269 e. The number of non-ortho nitro benzene ring substituents is 1. The molecule has 0 aliphatic carbocycles. The van der Waals surface area contributed by atoms with Crippen LogP contribution in [-0.4, -0.2) is 10.8 Å². The molecule has 7 heteroatoms. The number of carbonyl (C=O) groups is 1. The van der Waals surface area contributed by atoms with Crippen LogP contribution in [0, 0.1) is 10.1 Å². The number of benzene rings is 2. The molecular weight excluding hydrogens is 338 g/mol. The van der Waals surface area contributed by atoms with Gasteiger partial charge in [0.2, 0.25) is 0 Å². The molecule has 0 aliphatic rings. The fraction of sp³-hybridized carbons (Fsp3) is 0.0714. The Morgan fingerprint density at radius 2 is 1.90 bits per heavy atom. The van der Waals surface area contributed by atoms with Crippen molar-refractivity contribution in [1.82, 2.24) is 5.32 Å². The third-order valence-corrected chi connectivity index (χ3v) is 3.35. The molecular formula is C14H12BrN3O3. The minimum absolute atomic E-state index is 0.0151. The Balaban J connectivity index is 2.04. The van der Waals surface area contributed by atoms with Crippen LogP contribution in [0.3, 0.4) is 0 Å². The zero-order valence-electron chi connectivity index (χ0n) is 10.9. The number of amides is 1. The number of halogens is 1. The van der Waals surface area contributed by atoms with E-state index in [1.54, 1.807) is 30.3 Å². The lowest BCUT2D eigenvalue weighted by atomic mass is 10.1. The molecule has 0 saturated carbocycles. The second-order valence-corrected chi connectivity index (χ2v) is 5.25. The zero-order chi connectivity index (χ0) is 15.4. The molecule has 3 N–H and O–H groups in total. The quantitative estimate of drug-likeness (QED) is 0.503.